The zero-order valence-corrected chi connectivity index (χ0v) is 11.6. The van der Waals surface area contributed by atoms with Crippen molar-refractivity contribution in [3.8, 4) is 5.75 Å². The maximum atomic E-state index is 11.0. The molecule has 1 aromatic carbocycles. The van der Waals surface area contributed by atoms with Crippen molar-refractivity contribution in [2.75, 3.05) is 0 Å². The molecule has 0 bridgehead atoms. The topological polar surface area (TPSA) is 101 Å². The van der Waals surface area contributed by atoms with E-state index in [0.29, 0.717) is 17.5 Å². The molecule has 0 fully saturated rings. The quantitative estimate of drug-likeness (QED) is 0.512. The molecule has 2 rings (SSSR count). The fourth-order valence-corrected chi connectivity index (χ4v) is 3.74. The second kappa shape index (κ2) is 4.48. The third kappa shape index (κ3) is 2.73. The molecule has 0 saturated carbocycles. The highest BCUT2D eigenvalue weighted by atomic mass is 127. The van der Waals surface area contributed by atoms with Crippen LogP contribution in [0.1, 0.15) is 11.1 Å². The van der Waals surface area contributed by atoms with Gasteiger partial charge in [0, 0.05) is 21.7 Å². The Morgan fingerprint density at radius 2 is 2.06 bits per heavy atom. The Bertz CT molecular complexity index is 634. The monoisotopic (exact) mass is 367 g/mol. The molecule has 0 aromatic heterocycles. The fraction of sp³-hybridized carbons (Fsp3) is 0.100. The number of hydrogen-bond acceptors (Lipinski definition) is 4. The van der Waals surface area contributed by atoms with Crippen molar-refractivity contribution < 1.29 is 18.1 Å². The summed E-state index contributed by atoms with van der Waals surface area (Å²) in [6.07, 6.45) is 2.16. The van der Waals surface area contributed by atoms with E-state index in [1.165, 1.54) is 6.07 Å². The summed E-state index contributed by atoms with van der Waals surface area (Å²) in [4.78, 5) is -0.310. The van der Waals surface area contributed by atoms with Crippen LogP contribution in [0, 0.1) is 0 Å². The summed E-state index contributed by atoms with van der Waals surface area (Å²) < 4.78 is 33.7. The summed E-state index contributed by atoms with van der Waals surface area (Å²) in [5.41, 5.74) is 6.96. The Morgan fingerprint density at radius 1 is 1.35 bits per heavy atom. The molecular formula is C10H10INO4S. The van der Waals surface area contributed by atoms with Crippen molar-refractivity contribution in [1.29, 1.82) is 0 Å². The summed E-state index contributed by atoms with van der Waals surface area (Å²) in [5.74, 6) is -0.162. The lowest BCUT2D eigenvalue weighted by Gasteiger charge is -2.08. The van der Waals surface area contributed by atoms with Crippen molar-refractivity contribution >= 4 is 40.6 Å². The van der Waals surface area contributed by atoms with E-state index >= 15 is 0 Å². The molecule has 7 heteroatoms. The zero-order valence-electron chi connectivity index (χ0n) is 8.59. The van der Waals surface area contributed by atoms with Crippen LogP contribution >= 0.6 is 20.7 Å². The van der Waals surface area contributed by atoms with E-state index in [4.69, 9.17) is 10.3 Å². The maximum absolute atomic E-state index is 11.0. The van der Waals surface area contributed by atoms with E-state index in [2.05, 4.69) is 0 Å². The Morgan fingerprint density at radius 3 is 2.71 bits per heavy atom. The highest BCUT2D eigenvalue weighted by Crippen LogP contribution is 2.30. The van der Waals surface area contributed by atoms with Gasteiger partial charge in [0.05, 0.1) is 4.90 Å². The highest BCUT2D eigenvalue weighted by molar-refractivity contribution is 14.2. The summed E-state index contributed by atoms with van der Waals surface area (Å²) >= 11 is -0.384. The molecule has 0 aliphatic carbocycles. The van der Waals surface area contributed by atoms with Gasteiger partial charge in [-0.2, -0.15) is 8.42 Å². The standard InChI is InChI=1S/C10H10INO4S/c12-10-4-6-3-7(17(14,15)16)5-9(13)8(6)1-2-11-10/h1-3,5,13H,4,12H2,(H,14,15,16). The predicted octanol–water partition coefficient (Wildman–Crippen LogP) is 1.23. The van der Waals surface area contributed by atoms with Gasteiger partial charge in [-0.1, -0.05) is 20.7 Å². The second-order valence-electron chi connectivity index (χ2n) is 3.52. The van der Waals surface area contributed by atoms with Crippen LogP contribution < -0.4 is 5.73 Å². The van der Waals surface area contributed by atoms with Crippen molar-refractivity contribution in [2.24, 2.45) is 5.73 Å². The second-order valence-corrected chi connectivity index (χ2v) is 7.66. The van der Waals surface area contributed by atoms with Crippen LogP contribution in [0.5, 0.6) is 5.75 Å². The molecule has 1 aliphatic heterocycles. The molecule has 0 amide bonds. The summed E-state index contributed by atoms with van der Waals surface area (Å²) in [7, 11) is -4.31. The molecule has 1 aliphatic rings. The molecule has 0 unspecified atom stereocenters. The number of phenols is 1. The van der Waals surface area contributed by atoms with Crippen LogP contribution in [0.25, 0.3) is 6.08 Å². The maximum Gasteiger partial charge on any atom is 0.294 e. The van der Waals surface area contributed by atoms with Gasteiger partial charge in [0.1, 0.15) is 5.75 Å². The normalized spacial score (nSPS) is 15.5. The minimum absolute atomic E-state index is 0.162. The molecule has 92 valence electrons. The van der Waals surface area contributed by atoms with Gasteiger partial charge in [-0.3, -0.25) is 4.55 Å². The first kappa shape index (κ1) is 12.7. The Labute approximate surface area is 108 Å². The van der Waals surface area contributed by atoms with Crippen LogP contribution in [0.15, 0.2) is 21.1 Å². The Balaban J connectivity index is 2.66. The van der Waals surface area contributed by atoms with Crippen molar-refractivity contribution in [2.45, 2.75) is 11.3 Å². The summed E-state index contributed by atoms with van der Waals surface area (Å²) in [6.45, 7) is 0. The zero-order chi connectivity index (χ0) is 12.6. The Kier molecular flexibility index (Phi) is 3.34. The van der Waals surface area contributed by atoms with E-state index < -0.39 is 10.1 Å². The number of halogens is 1. The first-order valence-electron chi connectivity index (χ1n) is 4.62. The smallest absolute Gasteiger partial charge is 0.294 e. The first-order chi connectivity index (χ1) is 7.88. The third-order valence-corrected chi connectivity index (χ3v) is 5.04. The van der Waals surface area contributed by atoms with E-state index in [1.807, 2.05) is 4.08 Å². The van der Waals surface area contributed by atoms with E-state index in [1.54, 1.807) is 6.08 Å². The minimum atomic E-state index is -4.31. The molecule has 0 spiro atoms. The molecule has 1 heterocycles. The lowest BCUT2D eigenvalue weighted by atomic mass is 10.0. The van der Waals surface area contributed by atoms with E-state index in [9.17, 15) is 13.5 Å². The fourth-order valence-electron chi connectivity index (χ4n) is 1.55. The van der Waals surface area contributed by atoms with Crippen LogP contribution in [0.4, 0.5) is 0 Å². The van der Waals surface area contributed by atoms with Gasteiger partial charge >= 0.3 is 0 Å². The van der Waals surface area contributed by atoms with Gasteiger partial charge in [-0.15, -0.1) is 0 Å². The average Bonchev–Trinajstić information content (AvgIpc) is 2.37. The summed E-state index contributed by atoms with van der Waals surface area (Å²) in [5, 5.41) is 9.75. The molecule has 17 heavy (non-hydrogen) atoms. The van der Waals surface area contributed by atoms with Gasteiger partial charge in [-0.25, -0.2) is 0 Å². The largest absolute Gasteiger partial charge is 0.507 e. The van der Waals surface area contributed by atoms with Crippen molar-refractivity contribution in [3.63, 3.8) is 0 Å². The lowest BCUT2D eigenvalue weighted by Crippen LogP contribution is -2.12. The molecule has 0 saturated heterocycles. The van der Waals surface area contributed by atoms with Crippen molar-refractivity contribution in [1.82, 2.24) is 0 Å². The lowest BCUT2D eigenvalue weighted by molar-refractivity contribution is 0.464. The molecule has 0 radical (unpaired) electrons. The van der Waals surface area contributed by atoms with Crippen LogP contribution in [0.3, 0.4) is 0 Å². The predicted molar refractivity (Wildman–Crippen MR) is 73.9 cm³/mol. The Hall–Kier alpha value is -0.770. The van der Waals surface area contributed by atoms with Gasteiger partial charge in [0.15, 0.2) is 0 Å². The van der Waals surface area contributed by atoms with Crippen LogP contribution in [-0.4, -0.2) is 21.7 Å². The number of phenolic OH excluding ortho intramolecular Hbond substituents is 1. The van der Waals surface area contributed by atoms with Crippen LogP contribution in [-0.2, 0) is 16.5 Å². The third-order valence-electron chi connectivity index (χ3n) is 2.31. The molecule has 1 aromatic rings. The van der Waals surface area contributed by atoms with Gasteiger partial charge < -0.3 is 10.8 Å². The number of hydrogen-bond donors (Lipinski definition) is 3. The summed E-state index contributed by atoms with van der Waals surface area (Å²) in [6, 6.07) is 2.38. The number of nitrogens with two attached hydrogens (primary N) is 1. The SMILES string of the molecule is NC1=IC=Cc2c(O)cc(S(=O)(=O)O)cc2C1. The minimum Gasteiger partial charge on any atom is -0.507 e. The van der Waals surface area contributed by atoms with Crippen LogP contribution in [0.2, 0.25) is 0 Å². The molecule has 4 N–H and O–H groups in total. The first-order valence-corrected chi connectivity index (χ1v) is 8.39. The molecule has 5 nitrogen and oxygen atoms in total. The number of fused-ring (bicyclic) bond motifs is 1. The van der Waals surface area contributed by atoms with Crippen molar-refractivity contribution in [3.05, 3.63) is 27.3 Å². The number of aromatic hydroxyl groups is 1. The average molecular weight is 367 g/mol. The van der Waals surface area contributed by atoms with Gasteiger partial charge in [-0.05, 0) is 21.8 Å². The molecule has 0 atom stereocenters. The van der Waals surface area contributed by atoms with E-state index in [0.717, 1.165) is 9.70 Å². The van der Waals surface area contributed by atoms with Gasteiger partial charge in [0.25, 0.3) is 10.1 Å². The van der Waals surface area contributed by atoms with Gasteiger partial charge in [0.2, 0.25) is 0 Å². The number of rotatable bonds is 1. The number of benzene rings is 1. The highest BCUT2D eigenvalue weighted by Gasteiger charge is 2.17. The van der Waals surface area contributed by atoms with E-state index in [-0.39, 0.29) is 31.4 Å². The molecular weight excluding hydrogens is 357 g/mol.